The van der Waals surface area contributed by atoms with Crippen LogP contribution in [0, 0.1) is 0 Å². The fourth-order valence-corrected chi connectivity index (χ4v) is 3.39. The zero-order valence-electron chi connectivity index (χ0n) is 15.1. The lowest BCUT2D eigenvalue weighted by Gasteiger charge is -2.28. The number of ether oxygens (including phenoxy) is 1. The third-order valence-corrected chi connectivity index (χ3v) is 4.77. The Hall–Kier alpha value is -2.76. The fraction of sp³-hybridized carbons (Fsp3) is 0.400. The highest BCUT2D eigenvalue weighted by molar-refractivity contribution is 5.97. The zero-order chi connectivity index (χ0) is 18.5. The molecule has 0 bridgehead atoms. The predicted octanol–water partition coefficient (Wildman–Crippen LogP) is 2.64. The number of hydrogen-bond donors (Lipinski definition) is 1. The molecule has 0 spiro atoms. The Labute approximate surface area is 153 Å². The average molecular weight is 356 g/mol. The Balaban J connectivity index is 1.63. The lowest BCUT2D eigenvalue weighted by Crippen LogP contribution is -2.49. The number of benzene rings is 1. The summed E-state index contributed by atoms with van der Waals surface area (Å²) in [6.45, 7) is 2.45. The van der Waals surface area contributed by atoms with Crippen LogP contribution in [-0.4, -0.2) is 42.5 Å². The molecule has 2 aromatic rings. The number of nitrogens with one attached hydrogen (secondary N) is 1. The van der Waals surface area contributed by atoms with Crippen molar-refractivity contribution in [2.45, 2.75) is 38.3 Å². The molecule has 26 heavy (non-hydrogen) atoms. The van der Waals surface area contributed by atoms with Gasteiger partial charge in [0.15, 0.2) is 0 Å². The van der Waals surface area contributed by atoms with Crippen LogP contribution < -0.4 is 10.1 Å². The van der Waals surface area contributed by atoms with Gasteiger partial charge in [-0.1, -0.05) is 12.1 Å². The topological polar surface area (TPSA) is 71.8 Å². The van der Waals surface area contributed by atoms with Crippen molar-refractivity contribution in [1.29, 1.82) is 0 Å². The van der Waals surface area contributed by atoms with Crippen LogP contribution in [0.1, 0.15) is 35.7 Å². The summed E-state index contributed by atoms with van der Waals surface area (Å²) in [5.41, 5.74) is 1.56. The van der Waals surface area contributed by atoms with Crippen molar-refractivity contribution in [3.63, 3.8) is 0 Å². The number of likely N-dealkylation sites (tertiary alicyclic amines) is 1. The molecule has 2 atom stereocenters. The molecular weight excluding hydrogens is 332 g/mol. The van der Waals surface area contributed by atoms with Gasteiger partial charge in [-0.05, 0) is 49.9 Å². The van der Waals surface area contributed by atoms with Crippen molar-refractivity contribution in [3.05, 3.63) is 54.0 Å². The SMILES string of the molecule is COc1cccc(CC2CCCN2C(=O)C(C)NC(=O)c2ccoc2)c1. The third kappa shape index (κ3) is 4.07. The van der Waals surface area contributed by atoms with Crippen molar-refractivity contribution in [3.8, 4) is 5.75 Å². The quantitative estimate of drug-likeness (QED) is 0.864. The molecule has 2 amide bonds. The summed E-state index contributed by atoms with van der Waals surface area (Å²) in [6, 6.07) is 9.07. The van der Waals surface area contributed by atoms with Crippen LogP contribution in [0.15, 0.2) is 47.3 Å². The summed E-state index contributed by atoms with van der Waals surface area (Å²) in [7, 11) is 1.65. The molecule has 6 nitrogen and oxygen atoms in total. The average Bonchev–Trinajstić information content (AvgIpc) is 3.33. The molecule has 1 N–H and O–H groups in total. The van der Waals surface area contributed by atoms with Crippen LogP contribution in [0.5, 0.6) is 5.75 Å². The summed E-state index contributed by atoms with van der Waals surface area (Å²) in [6.07, 6.45) is 5.53. The summed E-state index contributed by atoms with van der Waals surface area (Å²) in [5, 5.41) is 2.75. The van der Waals surface area contributed by atoms with Gasteiger partial charge in [0.25, 0.3) is 5.91 Å². The molecule has 1 aliphatic rings. The van der Waals surface area contributed by atoms with Gasteiger partial charge in [0.1, 0.15) is 18.1 Å². The summed E-state index contributed by atoms with van der Waals surface area (Å²) in [5.74, 6) is 0.467. The first-order chi connectivity index (χ1) is 12.6. The number of carbonyl (C=O) groups is 2. The number of hydrogen-bond acceptors (Lipinski definition) is 4. The van der Waals surface area contributed by atoms with Crippen molar-refractivity contribution >= 4 is 11.8 Å². The van der Waals surface area contributed by atoms with E-state index < -0.39 is 6.04 Å². The highest BCUT2D eigenvalue weighted by Gasteiger charge is 2.32. The van der Waals surface area contributed by atoms with Gasteiger partial charge in [0.2, 0.25) is 5.91 Å². The Morgan fingerprint density at radius 3 is 2.96 bits per heavy atom. The van der Waals surface area contributed by atoms with E-state index in [4.69, 9.17) is 9.15 Å². The molecule has 1 fully saturated rings. The maximum Gasteiger partial charge on any atom is 0.255 e. The first-order valence-corrected chi connectivity index (χ1v) is 8.85. The Morgan fingerprint density at radius 1 is 1.38 bits per heavy atom. The Bertz CT molecular complexity index is 757. The predicted molar refractivity (Wildman–Crippen MR) is 97.1 cm³/mol. The zero-order valence-corrected chi connectivity index (χ0v) is 15.1. The fourth-order valence-electron chi connectivity index (χ4n) is 3.39. The number of amides is 2. The molecule has 0 aliphatic carbocycles. The molecule has 1 aromatic heterocycles. The highest BCUT2D eigenvalue weighted by Crippen LogP contribution is 2.23. The number of rotatable bonds is 6. The smallest absolute Gasteiger partial charge is 0.255 e. The maximum atomic E-state index is 12.8. The molecule has 0 saturated carbocycles. The standard InChI is InChI=1S/C20H24N2O4/c1-14(21-19(23)16-8-10-26-13-16)20(24)22-9-4-6-17(22)11-15-5-3-7-18(12-15)25-2/h3,5,7-8,10,12-14,17H,4,6,9,11H2,1-2H3,(H,21,23). The van der Waals surface area contributed by atoms with E-state index in [0.29, 0.717) is 5.56 Å². The lowest BCUT2D eigenvalue weighted by molar-refractivity contribution is -0.133. The van der Waals surface area contributed by atoms with Gasteiger partial charge in [-0.15, -0.1) is 0 Å². The van der Waals surface area contributed by atoms with Crippen molar-refractivity contribution in [2.75, 3.05) is 13.7 Å². The second-order valence-electron chi connectivity index (χ2n) is 6.59. The molecule has 2 heterocycles. The van der Waals surface area contributed by atoms with Gasteiger partial charge in [-0.3, -0.25) is 9.59 Å². The molecular formula is C20H24N2O4. The monoisotopic (exact) mass is 356 g/mol. The van der Waals surface area contributed by atoms with Gasteiger partial charge in [-0.25, -0.2) is 0 Å². The van der Waals surface area contributed by atoms with Crippen LogP contribution in [0.3, 0.4) is 0 Å². The van der Waals surface area contributed by atoms with Crippen LogP contribution in [0.4, 0.5) is 0 Å². The van der Waals surface area contributed by atoms with E-state index in [0.717, 1.165) is 37.1 Å². The minimum atomic E-state index is -0.580. The first kappa shape index (κ1) is 18.0. The van der Waals surface area contributed by atoms with Crippen molar-refractivity contribution in [2.24, 2.45) is 0 Å². The lowest BCUT2D eigenvalue weighted by atomic mass is 10.0. The summed E-state index contributed by atoms with van der Waals surface area (Å²) in [4.78, 5) is 26.8. The largest absolute Gasteiger partial charge is 0.497 e. The van der Waals surface area contributed by atoms with Crippen LogP contribution >= 0.6 is 0 Å². The normalized spacial score (nSPS) is 17.8. The van der Waals surface area contributed by atoms with Crippen LogP contribution in [0.2, 0.25) is 0 Å². The van der Waals surface area contributed by atoms with Crippen LogP contribution in [-0.2, 0) is 11.2 Å². The number of nitrogens with zero attached hydrogens (tertiary/aromatic N) is 1. The van der Waals surface area contributed by atoms with Crippen LogP contribution in [0.25, 0.3) is 0 Å². The Kier molecular flexibility index (Phi) is 5.61. The first-order valence-electron chi connectivity index (χ1n) is 8.85. The molecule has 2 unspecified atom stereocenters. The molecule has 6 heteroatoms. The molecule has 138 valence electrons. The van der Waals surface area contributed by atoms with Crippen molar-refractivity contribution in [1.82, 2.24) is 10.2 Å². The Morgan fingerprint density at radius 2 is 2.23 bits per heavy atom. The van der Waals surface area contributed by atoms with Gasteiger partial charge in [0.05, 0.1) is 18.9 Å². The van der Waals surface area contributed by atoms with E-state index in [1.807, 2.05) is 29.2 Å². The maximum absolute atomic E-state index is 12.8. The molecule has 1 saturated heterocycles. The van der Waals surface area contributed by atoms with E-state index in [1.165, 1.54) is 12.5 Å². The van der Waals surface area contributed by atoms with Gasteiger partial charge < -0.3 is 19.4 Å². The number of methoxy groups -OCH3 is 1. The minimum absolute atomic E-state index is 0.0489. The molecule has 1 aromatic carbocycles. The van der Waals surface area contributed by atoms with E-state index in [2.05, 4.69) is 5.32 Å². The number of furan rings is 1. The molecule has 0 radical (unpaired) electrons. The molecule has 3 rings (SSSR count). The van der Waals surface area contributed by atoms with E-state index in [-0.39, 0.29) is 17.9 Å². The van der Waals surface area contributed by atoms with Crippen molar-refractivity contribution < 1.29 is 18.7 Å². The van der Waals surface area contributed by atoms with E-state index in [1.54, 1.807) is 20.1 Å². The third-order valence-electron chi connectivity index (χ3n) is 4.77. The number of carbonyl (C=O) groups excluding carboxylic acids is 2. The molecule has 1 aliphatic heterocycles. The second kappa shape index (κ2) is 8.08. The minimum Gasteiger partial charge on any atom is -0.497 e. The van der Waals surface area contributed by atoms with Gasteiger partial charge >= 0.3 is 0 Å². The second-order valence-corrected chi connectivity index (χ2v) is 6.59. The van der Waals surface area contributed by atoms with Gasteiger partial charge in [-0.2, -0.15) is 0 Å². The van der Waals surface area contributed by atoms with E-state index in [9.17, 15) is 9.59 Å². The van der Waals surface area contributed by atoms with E-state index >= 15 is 0 Å². The van der Waals surface area contributed by atoms with Gasteiger partial charge in [0, 0.05) is 12.6 Å². The summed E-state index contributed by atoms with van der Waals surface area (Å²) < 4.78 is 10.2. The summed E-state index contributed by atoms with van der Waals surface area (Å²) >= 11 is 0. The highest BCUT2D eigenvalue weighted by atomic mass is 16.5.